The Morgan fingerprint density at radius 1 is 1.60 bits per heavy atom. The van der Waals surface area contributed by atoms with Crippen LogP contribution in [0.1, 0.15) is 34.3 Å². The zero-order chi connectivity index (χ0) is 14.1. The zero-order valence-corrected chi connectivity index (χ0v) is 11.3. The minimum atomic E-state index is -0.441. The Morgan fingerprint density at radius 3 is 3.10 bits per heavy atom. The van der Waals surface area contributed by atoms with E-state index in [1.807, 2.05) is 17.7 Å². The summed E-state index contributed by atoms with van der Waals surface area (Å²) in [5.74, 6) is 0.435. The second kappa shape index (κ2) is 5.09. The number of amides is 1. The van der Waals surface area contributed by atoms with Crippen molar-refractivity contribution in [3.63, 3.8) is 0 Å². The molecule has 7 nitrogen and oxygen atoms in total. The van der Waals surface area contributed by atoms with Gasteiger partial charge in [0, 0.05) is 25.4 Å². The van der Waals surface area contributed by atoms with Crippen LogP contribution in [-0.2, 0) is 6.54 Å². The lowest BCUT2D eigenvalue weighted by Gasteiger charge is -2.14. The fourth-order valence-electron chi connectivity index (χ4n) is 2.55. The van der Waals surface area contributed by atoms with Gasteiger partial charge in [-0.2, -0.15) is 5.10 Å². The third-order valence-electron chi connectivity index (χ3n) is 3.56. The quantitative estimate of drug-likeness (QED) is 0.888. The number of likely N-dealkylation sites (tertiary alicyclic amines) is 1. The van der Waals surface area contributed by atoms with Crippen molar-refractivity contribution >= 4 is 5.91 Å². The van der Waals surface area contributed by atoms with E-state index in [1.165, 1.54) is 6.20 Å². The van der Waals surface area contributed by atoms with E-state index in [4.69, 9.17) is 10.3 Å². The molecule has 1 atom stereocenters. The molecule has 2 aromatic heterocycles. The summed E-state index contributed by atoms with van der Waals surface area (Å²) in [7, 11) is 0. The molecule has 2 aromatic rings. The first-order valence-electron chi connectivity index (χ1n) is 6.60. The van der Waals surface area contributed by atoms with E-state index in [0.717, 1.165) is 37.5 Å². The van der Waals surface area contributed by atoms with Crippen LogP contribution in [0.25, 0.3) is 0 Å². The smallest absolute Gasteiger partial charge is 0.251 e. The Hall–Kier alpha value is -2.15. The second-order valence-electron chi connectivity index (χ2n) is 5.19. The third kappa shape index (κ3) is 2.57. The van der Waals surface area contributed by atoms with Crippen molar-refractivity contribution in [3.8, 4) is 0 Å². The summed E-state index contributed by atoms with van der Waals surface area (Å²) in [6.07, 6.45) is 4.23. The Bertz CT molecular complexity index is 618. The standard InChI is InChI=1S/C13H17N5O2/c1-9-4-12(20-16-9)8-17-3-2-11(7-17)18-6-10(5-15-18)13(14)19/h4-6,11H,2-3,7-8H2,1H3,(H2,14,19). The Labute approximate surface area is 116 Å². The minimum Gasteiger partial charge on any atom is -0.366 e. The zero-order valence-electron chi connectivity index (χ0n) is 11.3. The van der Waals surface area contributed by atoms with E-state index < -0.39 is 5.91 Å². The summed E-state index contributed by atoms with van der Waals surface area (Å²) >= 11 is 0. The number of carbonyl (C=O) groups is 1. The average Bonchev–Trinajstić information content (AvgIpc) is 3.10. The molecule has 0 aromatic carbocycles. The maximum absolute atomic E-state index is 11.1. The summed E-state index contributed by atoms with van der Waals surface area (Å²) in [6.45, 7) is 4.51. The van der Waals surface area contributed by atoms with Crippen LogP contribution < -0.4 is 5.73 Å². The number of nitrogens with two attached hydrogens (primary N) is 1. The summed E-state index contributed by atoms with van der Waals surface area (Å²) in [5.41, 5.74) is 6.59. The highest BCUT2D eigenvalue weighted by Crippen LogP contribution is 2.23. The molecule has 106 valence electrons. The number of nitrogens with zero attached hydrogens (tertiary/aromatic N) is 4. The molecule has 1 fully saturated rings. The highest BCUT2D eigenvalue weighted by atomic mass is 16.5. The fraction of sp³-hybridized carbons (Fsp3) is 0.462. The number of aromatic nitrogens is 3. The first-order chi connectivity index (χ1) is 9.61. The van der Waals surface area contributed by atoms with Gasteiger partial charge in [-0.25, -0.2) is 0 Å². The molecule has 1 amide bonds. The molecule has 0 saturated carbocycles. The molecule has 20 heavy (non-hydrogen) atoms. The fourth-order valence-corrected chi connectivity index (χ4v) is 2.55. The maximum atomic E-state index is 11.1. The minimum absolute atomic E-state index is 0.270. The predicted molar refractivity (Wildman–Crippen MR) is 70.9 cm³/mol. The van der Waals surface area contributed by atoms with Gasteiger partial charge < -0.3 is 10.3 Å². The normalized spacial score (nSPS) is 19.6. The summed E-state index contributed by atoms with van der Waals surface area (Å²) in [6, 6.07) is 2.22. The van der Waals surface area contributed by atoms with Crippen LogP contribution in [0.4, 0.5) is 0 Å². The lowest BCUT2D eigenvalue weighted by molar-refractivity contribution is 0.1000. The van der Waals surface area contributed by atoms with Gasteiger partial charge in [-0.3, -0.25) is 14.4 Å². The molecule has 0 bridgehead atoms. The lowest BCUT2D eigenvalue weighted by Crippen LogP contribution is -2.21. The largest absolute Gasteiger partial charge is 0.366 e. The van der Waals surface area contributed by atoms with Crippen molar-refractivity contribution in [3.05, 3.63) is 35.5 Å². The predicted octanol–water partition coefficient (Wildman–Crippen LogP) is 0.725. The molecule has 3 rings (SSSR count). The van der Waals surface area contributed by atoms with Crippen LogP contribution in [0.2, 0.25) is 0 Å². The van der Waals surface area contributed by atoms with Gasteiger partial charge >= 0.3 is 0 Å². The van der Waals surface area contributed by atoms with Crippen molar-refractivity contribution in [1.82, 2.24) is 19.8 Å². The van der Waals surface area contributed by atoms with Crippen molar-refractivity contribution < 1.29 is 9.32 Å². The Balaban J connectivity index is 1.62. The topological polar surface area (TPSA) is 90.2 Å². The van der Waals surface area contributed by atoms with E-state index in [0.29, 0.717) is 5.56 Å². The number of rotatable bonds is 4. The summed E-state index contributed by atoms with van der Waals surface area (Å²) in [5, 5.41) is 8.11. The molecule has 1 aliphatic heterocycles. The van der Waals surface area contributed by atoms with Gasteiger partial charge in [0.25, 0.3) is 5.91 Å². The van der Waals surface area contributed by atoms with Crippen molar-refractivity contribution in [1.29, 1.82) is 0 Å². The summed E-state index contributed by atoms with van der Waals surface area (Å²) in [4.78, 5) is 13.4. The van der Waals surface area contributed by atoms with Crippen LogP contribution in [-0.4, -0.2) is 38.8 Å². The van der Waals surface area contributed by atoms with Gasteiger partial charge in [-0.05, 0) is 13.3 Å². The molecule has 7 heteroatoms. The van der Waals surface area contributed by atoms with E-state index >= 15 is 0 Å². The lowest BCUT2D eigenvalue weighted by atomic mass is 10.2. The molecular formula is C13H17N5O2. The number of carbonyl (C=O) groups excluding carboxylic acids is 1. The molecule has 0 radical (unpaired) electrons. The third-order valence-corrected chi connectivity index (χ3v) is 3.56. The first kappa shape index (κ1) is 12.9. The van der Waals surface area contributed by atoms with Gasteiger partial charge in [-0.1, -0.05) is 5.16 Å². The van der Waals surface area contributed by atoms with E-state index in [-0.39, 0.29) is 6.04 Å². The number of aryl methyl sites for hydroxylation is 1. The van der Waals surface area contributed by atoms with Crippen LogP contribution in [0.3, 0.4) is 0 Å². The summed E-state index contributed by atoms with van der Waals surface area (Å²) < 4.78 is 7.05. The van der Waals surface area contributed by atoms with Crippen LogP contribution >= 0.6 is 0 Å². The van der Waals surface area contributed by atoms with E-state index in [9.17, 15) is 4.79 Å². The van der Waals surface area contributed by atoms with Crippen LogP contribution in [0.5, 0.6) is 0 Å². The van der Waals surface area contributed by atoms with Gasteiger partial charge in [-0.15, -0.1) is 0 Å². The highest BCUT2D eigenvalue weighted by Gasteiger charge is 2.25. The van der Waals surface area contributed by atoms with Gasteiger partial charge in [0.1, 0.15) is 0 Å². The Morgan fingerprint density at radius 2 is 2.45 bits per heavy atom. The molecular weight excluding hydrogens is 258 g/mol. The number of hydrogen-bond acceptors (Lipinski definition) is 5. The maximum Gasteiger partial charge on any atom is 0.251 e. The number of hydrogen-bond donors (Lipinski definition) is 1. The van der Waals surface area contributed by atoms with E-state index in [2.05, 4.69) is 15.2 Å². The molecule has 0 spiro atoms. The van der Waals surface area contributed by atoms with Crippen LogP contribution in [0.15, 0.2) is 23.0 Å². The Kier molecular flexibility index (Phi) is 3.27. The highest BCUT2D eigenvalue weighted by molar-refractivity contribution is 5.92. The van der Waals surface area contributed by atoms with Gasteiger partial charge in [0.05, 0.1) is 30.0 Å². The number of primary amides is 1. The van der Waals surface area contributed by atoms with Crippen molar-refractivity contribution in [2.24, 2.45) is 5.73 Å². The molecule has 2 N–H and O–H groups in total. The molecule has 1 unspecified atom stereocenters. The van der Waals surface area contributed by atoms with Gasteiger partial charge in [0.2, 0.25) is 0 Å². The molecule has 0 aliphatic carbocycles. The molecule has 1 saturated heterocycles. The average molecular weight is 275 g/mol. The van der Waals surface area contributed by atoms with E-state index in [1.54, 1.807) is 6.20 Å². The van der Waals surface area contributed by atoms with Crippen molar-refractivity contribution in [2.45, 2.75) is 25.9 Å². The second-order valence-corrected chi connectivity index (χ2v) is 5.19. The SMILES string of the molecule is Cc1cc(CN2CCC(n3cc(C(N)=O)cn3)C2)on1. The van der Waals surface area contributed by atoms with Gasteiger partial charge in [0.15, 0.2) is 5.76 Å². The molecule has 3 heterocycles. The van der Waals surface area contributed by atoms with Crippen LogP contribution in [0, 0.1) is 6.92 Å². The molecule has 1 aliphatic rings. The first-order valence-corrected chi connectivity index (χ1v) is 6.60. The van der Waals surface area contributed by atoms with Crippen molar-refractivity contribution in [2.75, 3.05) is 13.1 Å². The monoisotopic (exact) mass is 275 g/mol.